The molecule has 0 radical (unpaired) electrons. The number of aromatic nitrogens is 3. The highest BCUT2D eigenvalue weighted by Gasteiger charge is 2.17. The van der Waals surface area contributed by atoms with Crippen molar-refractivity contribution in [1.29, 1.82) is 0 Å². The Morgan fingerprint density at radius 1 is 0.917 bits per heavy atom. The molecule has 0 aliphatic rings. The predicted molar refractivity (Wildman–Crippen MR) is 179 cm³/mol. The van der Waals surface area contributed by atoms with E-state index < -0.39 is 23.1 Å². The van der Waals surface area contributed by atoms with Crippen LogP contribution in [0.5, 0.6) is 11.5 Å². The van der Waals surface area contributed by atoms with Gasteiger partial charge in [0.05, 0.1) is 12.6 Å². The Labute approximate surface area is 279 Å². The van der Waals surface area contributed by atoms with Gasteiger partial charge in [0.15, 0.2) is 35.3 Å². The standard InChI is InChI=1S/C36H30F2N4O5S/c1-23(2)45-28-17-25(20-40-35(43)30-11-7-15-41(36(30)44)21-24-12-13-32(37)33(38)18-24)16-26(19-28)31-22-42(34-29(31)10-6-14-39-34)48-47-46-27-8-4-3-5-9-27/h3-19,22-23H,20-21H2,1-2H3,(H,40,43). The summed E-state index contributed by atoms with van der Waals surface area (Å²) in [4.78, 5) is 36.3. The van der Waals surface area contributed by atoms with Crippen LogP contribution in [0.4, 0.5) is 8.78 Å². The van der Waals surface area contributed by atoms with Crippen LogP contribution in [0.15, 0.2) is 114 Å². The van der Waals surface area contributed by atoms with Crippen LogP contribution in [0.1, 0.15) is 35.3 Å². The van der Waals surface area contributed by atoms with Crippen LogP contribution in [-0.2, 0) is 17.4 Å². The molecule has 0 bridgehead atoms. The molecule has 0 fully saturated rings. The Morgan fingerprint density at radius 2 is 1.75 bits per heavy atom. The third kappa shape index (κ3) is 7.56. The van der Waals surface area contributed by atoms with Crippen molar-refractivity contribution in [3.63, 3.8) is 0 Å². The first kappa shape index (κ1) is 32.5. The fraction of sp³-hybridized carbons (Fsp3) is 0.139. The fourth-order valence-electron chi connectivity index (χ4n) is 5.09. The summed E-state index contributed by atoms with van der Waals surface area (Å²) in [6, 6.07) is 25.0. The number of pyridine rings is 2. The SMILES string of the molecule is CC(C)Oc1cc(CNC(=O)c2cccn(Cc3ccc(F)c(F)c3)c2=O)cc(-c2cn(SOOc3ccccc3)c3ncccc23)c1. The minimum atomic E-state index is -1.01. The van der Waals surface area contributed by atoms with E-state index in [4.69, 9.17) is 14.0 Å². The number of para-hydroxylation sites is 1. The second-order valence-corrected chi connectivity index (χ2v) is 11.8. The zero-order chi connectivity index (χ0) is 33.6. The van der Waals surface area contributed by atoms with Crippen molar-refractivity contribution in [1.82, 2.24) is 18.8 Å². The Bertz CT molecular complexity index is 2140. The van der Waals surface area contributed by atoms with Crippen LogP contribution in [0.25, 0.3) is 22.2 Å². The lowest BCUT2D eigenvalue weighted by Gasteiger charge is -2.14. The molecule has 0 saturated carbocycles. The van der Waals surface area contributed by atoms with E-state index in [0.717, 1.165) is 46.4 Å². The maximum Gasteiger partial charge on any atom is 0.263 e. The Morgan fingerprint density at radius 3 is 2.54 bits per heavy atom. The van der Waals surface area contributed by atoms with Crippen molar-refractivity contribution in [3.8, 4) is 22.6 Å². The minimum Gasteiger partial charge on any atom is -0.491 e. The minimum absolute atomic E-state index is 0.0285. The Kier molecular flexibility index (Phi) is 9.83. The van der Waals surface area contributed by atoms with Gasteiger partial charge in [-0.25, -0.2) is 17.7 Å². The van der Waals surface area contributed by atoms with Crippen molar-refractivity contribution in [3.05, 3.63) is 148 Å². The molecule has 3 heterocycles. The normalized spacial score (nSPS) is 11.2. The molecule has 6 aromatic rings. The molecule has 0 atom stereocenters. The van der Waals surface area contributed by atoms with E-state index in [0.29, 0.717) is 22.7 Å². The van der Waals surface area contributed by atoms with E-state index in [9.17, 15) is 18.4 Å². The van der Waals surface area contributed by atoms with Gasteiger partial charge in [0.2, 0.25) is 0 Å². The quantitative estimate of drug-likeness (QED) is 0.0829. The van der Waals surface area contributed by atoms with Gasteiger partial charge in [0.1, 0.15) is 11.3 Å². The summed E-state index contributed by atoms with van der Waals surface area (Å²) < 4.78 is 41.6. The number of benzene rings is 3. The third-order valence-corrected chi connectivity index (χ3v) is 7.79. The summed E-state index contributed by atoms with van der Waals surface area (Å²) in [5, 5.41) is 3.69. The second-order valence-electron chi connectivity index (χ2n) is 11.1. The smallest absolute Gasteiger partial charge is 0.263 e. The number of fused-ring (bicyclic) bond motifs is 1. The van der Waals surface area contributed by atoms with Gasteiger partial charge in [0, 0.05) is 36.1 Å². The van der Waals surface area contributed by atoms with Gasteiger partial charge in [-0.05, 0) is 97.3 Å². The van der Waals surface area contributed by atoms with Crippen LogP contribution in [0.3, 0.4) is 0 Å². The third-order valence-electron chi connectivity index (χ3n) is 7.22. The first-order valence-corrected chi connectivity index (χ1v) is 15.7. The average Bonchev–Trinajstić information content (AvgIpc) is 3.45. The monoisotopic (exact) mass is 668 g/mol. The fourth-order valence-corrected chi connectivity index (χ4v) is 5.62. The highest BCUT2D eigenvalue weighted by molar-refractivity contribution is 7.93. The number of amides is 1. The van der Waals surface area contributed by atoms with E-state index in [1.165, 1.54) is 22.9 Å². The molecule has 1 amide bonds. The molecular formula is C36H30F2N4O5S. The van der Waals surface area contributed by atoms with Crippen molar-refractivity contribution >= 4 is 29.2 Å². The molecule has 0 saturated heterocycles. The lowest BCUT2D eigenvalue weighted by atomic mass is 10.0. The predicted octanol–water partition coefficient (Wildman–Crippen LogP) is 7.33. The van der Waals surface area contributed by atoms with Crippen LogP contribution in [0, 0.1) is 11.6 Å². The second kappa shape index (κ2) is 14.5. The molecule has 48 heavy (non-hydrogen) atoms. The molecule has 0 aliphatic heterocycles. The van der Waals surface area contributed by atoms with Crippen LogP contribution in [0.2, 0.25) is 0 Å². The van der Waals surface area contributed by atoms with E-state index in [1.54, 1.807) is 28.4 Å². The van der Waals surface area contributed by atoms with Gasteiger partial charge in [-0.2, -0.15) is 0 Å². The van der Waals surface area contributed by atoms with E-state index >= 15 is 0 Å². The molecule has 3 aromatic heterocycles. The number of nitrogens with zero attached hydrogens (tertiary/aromatic N) is 3. The number of halogens is 2. The van der Waals surface area contributed by atoms with E-state index in [1.807, 2.05) is 68.6 Å². The van der Waals surface area contributed by atoms with E-state index in [2.05, 4.69) is 10.3 Å². The molecule has 0 unspecified atom stereocenters. The largest absolute Gasteiger partial charge is 0.491 e. The maximum atomic E-state index is 13.7. The zero-order valence-corrected chi connectivity index (χ0v) is 26.7. The van der Waals surface area contributed by atoms with Gasteiger partial charge in [-0.3, -0.25) is 9.59 Å². The van der Waals surface area contributed by atoms with E-state index in [-0.39, 0.29) is 24.8 Å². The van der Waals surface area contributed by atoms with Gasteiger partial charge in [-0.1, -0.05) is 28.6 Å². The number of nitrogens with one attached hydrogen (secondary N) is 1. The van der Waals surface area contributed by atoms with Crippen LogP contribution < -0.4 is 20.5 Å². The highest BCUT2D eigenvalue weighted by atomic mass is 32.2. The summed E-state index contributed by atoms with van der Waals surface area (Å²) in [5.74, 6) is -1.42. The molecule has 0 aliphatic carbocycles. The highest BCUT2D eigenvalue weighted by Crippen LogP contribution is 2.35. The van der Waals surface area contributed by atoms with Gasteiger partial charge >= 0.3 is 0 Å². The molecular weight excluding hydrogens is 638 g/mol. The summed E-state index contributed by atoms with van der Waals surface area (Å²) in [6.07, 6.45) is 4.95. The van der Waals surface area contributed by atoms with Crippen LogP contribution >= 0.6 is 12.2 Å². The molecule has 6 rings (SSSR count). The van der Waals surface area contributed by atoms with Gasteiger partial charge in [-0.15, -0.1) is 0 Å². The average molecular weight is 669 g/mol. The topological polar surface area (TPSA) is 96.6 Å². The lowest BCUT2D eigenvalue weighted by molar-refractivity contribution is -0.0785. The summed E-state index contributed by atoms with van der Waals surface area (Å²) >= 11 is 0.972. The molecule has 1 N–H and O–H groups in total. The number of carbonyl (C=O) groups is 1. The number of carbonyl (C=O) groups excluding carboxylic acids is 1. The van der Waals surface area contributed by atoms with Crippen LogP contribution in [-0.4, -0.2) is 25.5 Å². The summed E-state index contributed by atoms with van der Waals surface area (Å²) in [6.45, 7) is 3.91. The van der Waals surface area contributed by atoms with Crippen molar-refractivity contribution in [2.75, 3.05) is 0 Å². The zero-order valence-electron chi connectivity index (χ0n) is 25.9. The van der Waals surface area contributed by atoms with Gasteiger partial charge in [0.25, 0.3) is 11.5 Å². The number of hydrogen-bond donors (Lipinski definition) is 1. The number of hydrogen-bond acceptors (Lipinski definition) is 7. The van der Waals surface area contributed by atoms with Gasteiger partial charge < -0.3 is 19.5 Å². The number of rotatable bonds is 12. The molecule has 9 nitrogen and oxygen atoms in total. The maximum absolute atomic E-state index is 13.7. The Balaban J connectivity index is 1.24. The lowest BCUT2D eigenvalue weighted by Crippen LogP contribution is -2.32. The molecule has 0 spiro atoms. The van der Waals surface area contributed by atoms with Crippen molar-refractivity contribution in [2.24, 2.45) is 0 Å². The van der Waals surface area contributed by atoms with Crippen molar-refractivity contribution < 1.29 is 27.5 Å². The molecule has 12 heteroatoms. The first-order valence-electron chi connectivity index (χ1n) is 15.0. The number of ether oxygens (including phenoxy) is 1. The summed E-state index contributed by atoms with van der Waals surface area (Å²) in [7, 11) is 0. The summed E-state index contributed by atoms with van der Waals surface area (Å²) in [5.41, 5.74) is 2.78. The molecule has 3 aromatic carbocycles. The Hall–Kier alpha value is -5.46. The van der Waals surface area contributed by atoms with Crippen molar-refractivity contribution in [2.45, 2.75) is 33.0 Å². The molecule has 244 valence electrons. The first-order chi connectivity index (χ1) is 23.2.